The van der Waals surface area contributed by atoms with Gasteiger partial charge < -0.3 is 10.2 Å². The van der Waals surface area contributed by atoms with E-state index < -0.39 is 0 Å². The van der Waals surface area contributed by atoms with Gasteiger partial charge in [0.15, 0.2) is 0 Å². The van der Waals surface area contributed by atoms with Crippen LogP contribution in [-0.4, -0.2) is 31.6 Å². The number of nitrogens with one attached hydrogen (secondary N) is 1. The van der Waals surface area contributed by atoms with E-state index in [2.05, 4.69) is 17.3 Å². The first-order chi connectivity index (χ1) is 7.74. The van der Waals surface area contributed by atoms with E-state index in [0.717, 1.165) is 37.7 Å². The van der Waals surface area contributed by atoms with Crippen LogP contribution < -0.4 is 5.32 Å². The molecule has 1 saturated heterocycles. The quantitative estimate of drug-likeness (QED) is 0.836. The maximum Gasteiger partial charge on any atom is 0.123 e. The molecular weight excluding hydrogens is 203 g/mol. The lowest BCUT2D eigenvalue weighted by atomic mass is 10.1. The van der Waals surface area contributed by atoms with Gasteiger partial charge in [0.25, 0.3) is 0 Å². The summed E-state index contributed by atoms with van der Waals surface area (Å²) in [5, 5.41) is 3.36. The highest BCUT2D eigenvalue weighted by Crippen LogP contribution is 2.11. The Bertz CT molecular complexity index is 334. The van der Waals surface area contributed by atoms with Gasteiger partial charge in [-0.05, 0) is 50.2 Å². The van der Waals surface area contributed by atoms with Crippen molar-refractivity contribution in [3.05, 3.63) is 35.6 Å². The first-order valence-corrected chi connectivity index (χ1v) is 5.88. The van der Waals surface area contributed by atoms with Gasteiger partial charge in [0.2, 0.25) is 0 Å². The normalized spacial score (nSPS) is 20.6. The summed E-state index contributed by atoms with van der Waals surface area (Å²) in [5.41, 5.74) is 1.05. The van der Waals surface area contributed by atoms with Crippen LogP contribution in [0.1, 0.15) is 12.0 Å². The Labute approximate surface area is 96.5 Å². The van der Waals surface area contributed by atoms with E-state index >= 15 is 0 Å². The Kier molecular flexibility index (Phi) is 3.91. The van der Waals surface area contributed by atoms with Gasteiger partial charge >= 0.3 is 0 Å². The van der Waals surface area contributed by atoms with Crippen molar-refractivity contribution in [3.63, 3.8) is 0 Å². The van der Waals surface area contributed by atoms with E-state index in [0.29, 0.717) is 0 Å². The SMILES string of the molecule is CN(Cc1cccc(F)c1)CC1CCNC1. The van der Waals surface area contributed by atoms with E-state index in [1.165, 1.54) is 12.5 Å². The molecule has 0 amide bonds. The van der Waals surface area contributed by atoms with Crippen LogP contribution in [0.3, 0.4) is 0 Å². The number of hydrogen-bond donors (Lipinski definition) is 1. The van der Waals surface area contributed by atoms with Crippen LogP contribution in [0.15, 0.2) is 24.3 Å². The molecule has 2 nitrogen and oxygen atoms in total. The fraction of sp³-hybridized carbons (Fsp3) is 0.538. The number of rotatable bonds is 4. The summed E-state index contributed by atoms with van der Waals surface area (Å²) in [7, 11) is 2.10. The molecule has 1 atom stereocenters. The Hall–Kier alpha value is -0.930. The van der Waals surface area contributed by atoms with Crippen LogP contribution in [-0.2, 0) is 6.54 Å². The van der Waals surface area contributed by atoms with Gasteiger partial charge in [-0.1, -0.05) is 12.1 Å². The molecule has 0 aromatic heterocycles. The summed E-state index contributed by atoms with van der Waals surface area (Å²) in [4.78, 5) is 2.27. The maximum absolute atomic E-state index is 13.0. The van der Waals surface area contributed by atoms with Gasteiger partial charge in [0.1, 0.15) is 5.82 Å². The van der Waals surface area contributed by atoms with Crippen LogP contribution in [0.5, 0.6) is 0 Å². The molecule has 3 heteroatoms. The molecule has 1 aliphatic rings. The van der Waals surface area contributed by atoms with Crippen LogP contribution in [0.4, 0.5) is 4.39 Å². The molecular formula is C13H19FN2. The van der Waals surface area contributed by atoms with Crippen molar-refractivity contribution in [2.24, 2.45) is 5.92 Å². The van der Waals surface area contributed by atoms with Crippen molar-refractivity contribution in [2.45, 2.75) is 13.0 Å². The zero-order chi connectivity index (χ0) is 11.4. The molecule has 0 spiro atoms. The highest BCUT2D eigenvalue weighted by Gasteiger charge is 2.16. The summed E-state index contributed by atoms with van der Waals surface area (Å²) in [6, 6.07) is 6.86. The molecule has 1 aliphatic heterocycles. The summed E-state index contributed by atoms with van der Waals surface area (Å²) in [5.74, 6) is 0.604. The fourth-order valence-electron chi connectivity index (χ4n) is 2.32. The van der Waals surface area contributed by atoms with E-state index in [9.17, 15) is 4.39 Å². The van der Waals surface area contributed by atoms with Gasteiger partial charge in [-0.15, -0.1) is 0 Å². The van der Waals surface area contributed by atoms with Crippen LogP contribution in [0.2, 0.25) is 0 Å². The second-order valence-corrected chi connectivity index (χ2v) is 4.69. The van der Waals surface area contributed by atoms with Gasteiger partial charge in [-0.25, -0.2) is 4.39 Å². The highest BCUT2D eigenvalue weighted by atomic mass is 19.1. The van der Waals surface area contributed by atoms with Crippen molar-refractivity contribution in [1.82, 2.24) is 10.2 Å². The molecule has 0 saturated carbocycles. The molecule has 88 valence electrons. The summed E-state index contributed by atoms with van der Waals surface area (Å²) < 4.78 is 13.0. The molecule has 0 bridgehead atoms. The third-order valence-electron chi connectivity index (χ3n) is 3.07. The van der Waals surface area contributed by atoms with Gasteiger partial charge in [-0.3, -0.25) is 0 Å². The molecule has 16 heavy (non-hydrogen) atoms. The lowest BCUT2D eigenvalue weighted by Gasteiger charge is -2.20. The van der Waals surface area contributed by atoms with Crippen LogP contribution in [0.25, 0.3) is 0 Å². The number of halogens is 1. The second-order valence-electron chi connectivity index (χ2n) is 4.69. The predicted octanol–water partition coefficient (Wildman–Crippen LogP) is 1.87. The summed E-state index contributed by atoms with van der Waals surface area (Å²) in [6.45, 7) is 4.17. The molecule has 1 aromatic rings. The Morgan fingerprint density at radius 1 is 1.50 bits per heavy atom. The number of nitrogens with zero attached hydrogens (tertiary/aromatic N) is 1. The van der Waals surface area contributed by atoms with Gasteiger partial charge in [-0.2, -0.15) is 0 Å². The first kappa shape index (κ1) is 11.6. The minimum atomic E-state index is -0.145. The Balaban J connectivity index is 1.84. The molecule has 0 radical (unpaired) electrons. The fourth-order valence-corrected chi connectivity index (χ4v) is 2.32. The molecule has 1 unspecified atom stereocenters. The van der Waals surface area contributed by atoms with Crippen molar-refractivity contribution in [2.75, 3.05) is 26.7 Å². The minimum absolute atomic E-state index is 0.145. The molecule has 1 heterocycles. The van der Waals surface area contributed by atoms with Crippen LogP contribution in [0, 0.1) is 11.7 Å². The van der Waals surface area contributed by atoms with E-state index in [-0.39, 0.29) is 5.82 Å². The van der Waals surface area contributed by atoms with Crippen molar-refractivity contribution < 1.29 is 4.39 Å². The van der Waals surface area contributed by atoms with Crippen molar-refractivity contribution >= 4 is 0 Å². The monoisotopic (exact) mass is 222 g/mol. The van der Waals surface area contributed by atoms with E-state index in [1.807, 2.05) is 6.07 Å². The van der Waals surface area contributed by atoms with Crippen molar-refractivity contribution in [3.8, 4) is 0 Å². The smallest absolute Gasteiger partial charge is 0.123 e. The average molecular weight is 222 g/mol. The Morgan fingerprint density at radius 3 is 3.06 bits per heavy atom. The lowest BCUT2D eigenvalue weighted by molar-refractivity contribution is 0.278. The average Bonchev–Trinajstić information content (AvgIpc) is 2.70. The molecule has 1 fully saturated rings. The van der Waals surface area contributed by atoms with E-state index in [1.54, 1.807) is 12.1 Å². The zero-order valence-electron chi connectivity index (χ0n) is 9.75. The highest BCUT2D eigenvalue weighted by molar-refractivity contribution is 5.16. The molecule has 1 N–H and O–H groups in total. The molecule has 2 rings (SSSR count). The topological polar surface area (TPSA) is 15.3 Å². The van der Waals surface area contributed by atoms with Crippen molar-refractivity contribution in [1.29, 1.82) is 0 Å². The van der Waals surface area contributed by atoms with Crippen LogP contribution >= 0.6 is 0 Å². The lowest BCUT2D eigenvalue weighted by Crippen LogP contribution is -2.26. The first-order valence-electron chi connectivity index (χ1n) is 5.88. The minimum Gasteiger partial charge on any atom is -0.316 e. The van der Waals surface area contributed by atoms with Gasteiger partial charge in [0, 0.05) is 13.1 Å². The number of hydrogen-bond acceptors (Lipinski definition) is 2. The van der Waals surface area contributed by atoms with Gasteiger partial charge in [0.05, 0.1) is 0 Å². The van der Waals surface area contributed by atoms with E-state index in [4.69, 9.17) is 0 Å². The Morgan fingerprint density at radius 2 is 2.38 bits per heavy atom. The predicted molar refractivity (Wildman–Crippen MR) is 63.7 cm³/mol. The zero-order valence-corrected chi connectivity index (χ0v) is 9.75. The molecule has 0 aliphatic carbocycles. The molecule has 1 aromatic carbocycles. The number of benzene rings is 1. The third kappa shape index (κ3) is 3.29. The third-order valence-corrected chi connectivity index (χ3v) is 3.07. The maximum atomic E-state index is 13.0. The standard InChI is InChI=1S/C13H19FN2/c1-16(10-12-5-6-15-8-12)9-11-3-2-4-13(14)7-11/h2-4,7,12,15H,5-6,8-10H2,1H3. The summed E-state index contributed by atoms with van der Waals surface area (Å²) >= 11 is 0. The largest absolute Gasteiger partial charge is 0.316 e. The second kappa shape index (κ2) is 5.41. The summed E-state index contributed by atoms with van der Waals surface area (Å²) in [6.07, 6.45) is 1.26.